The van der Waals surface area contributed by atoms with E-state index in [0.717, 1.165) is 11.1 Å². The van der Waals surface area contributed by atoms with Crippen molar-refractivity contribution in [2.75, 3.05) is 11.8 Å². The number of aryl methyl sites for hydroxylation is 2. The third-order valence-electron chi connectivity index (χ3n) is 5.10. The Balaban J connectivity index is 1.75. The number of hydrogen-bond acceptors (Lipinski definition) is 6. The van der Waals surface area contributed by atoms with E-state index in [9.17, 15) is 12.8 Å². The van der Waals surface area contributed by atoms with Crippen LogP contribution in [0.1, 0.15) is 18.1 Å². The van der Waals surface area contributed by atoms with Crippen molar-refractivity contribution in [2.24, 2.45) is 0 Å². The van der Waals surface area contributed by atoms with E-state index < -0.39 is 16.1 Å². The number of sulfonamides is 1. The van der Waals surface area contributed by atoms with Gasteiger partial charge in [-0.3, -0.25) is 4.72 Å². The van der Waals surface area contributed by atoms with Crippen LogP contribution in [0.2, 0.25) is 0 Å². The lowest BCUT2D eigenvalue weighted by molar-refractivity contribution is 0.400. The molecular formula is C23H21FN4O3S. The number of nitrogens with one attached hydrogen (secondary N) is 1. The first-order valence-electron chi connectivity index (χ1n) is 9.91. The maximum atomic E-state index is 13.5. The number of ether oxygens (including phenoxy) is 1. The molecule has 0 saturated carbocycles. The fourth-order valence-corrected chi connectivity index (χ4v) is 4.79. The zero-order valence-electron chi connectivity index (χ0n) is 17.8. The van der Waals surface area contributed by atoms with Gasteiger partial charge >= 0.3 is 6.08 Å². The molecule has 9 heteroatoms. The average Bonchev–Trinajstić information content (AvgIpc) is 2.78. The van der Waals surface area contributed by atoms with Crippen molar-refractivity contribution in [1.29, 1.82) is 0 Å². The molecule has 164 valence electrons. The van der Waals surface area contributed by atoms with Crippen molar-refractivity contribution in [1.82, 2.24) is 15.0 Å². The number of rotatable bonds is 6. The van der Waals surface area contributed by atoms with Crippen LogP contribution in [0.4, 0.5) is 10.2 Å². The van der Waals surface area contributed by atoms with Crippen molar-refractivity contribution in [3.63, 3.8) is 0 Å². The summed E-state index contributed by atoms with van der Waals surface area (Å²) in [6.07, 6.45) is 1.31. The SMILES string of the molecule is CCc1cc(-c2ccc(NS(=O)(=O)c3ccccc3C)nc2OC)cc2cnc(F)nc12. The number of fused-ring (bicyclic) bond motifs is 1. The summed E-state index contributed by atoms with van der Waals surface area (Å²) < 4.78 is 47.1. The summed E-state index contributed by atoms with van der Waals surface area (Å²) in [5.41, 5.74) is 3.48. The molecule has 0 amide bonds. The predicted octanol–water partition coefficient (Wildman–Crippen LogP) is 4.51. The summed E-state index contributed by atoms with van der Waals surface area (Å²) in [4.78, 5) is 12.1. The molecule has 0 bridgehead atoms. The number of nitrogens with zero attached hydrogens (tertiary/aromatic N) is 3. The van der Waals surface area contributed by atoms with Gasteiger partial charge in [0.2, 0.25) is 5.88 Å². The Kier molecular flexibility index (Phi) is 5.75. The monoisotopic (exact) mass is 452 g/mol. The van der Waals surface area contributed by atoms with Crippen LogP contribution in [0.3, 0.4) is 0 Å². The van der Waals surface area contributed by atoms with Crippen LogP contribution >= 0.6 is 0 Å². The van der Waals surface area contributed by atoms with Gasteiger partial charge in [-0.1, -0.05) is 25.1 Å². The van der Waals surface area contributed by atoms with Crippen molar-refractivity contribution in [3.8, 4) is 17.0 Å². The van der Waals surface area contributed by atoms with Crippen LogP contribution in [0, 0.1) is 13.0 Å². The summed E-state index contributed by atoms with van der Waals surface area (Å²) in [6.45, 7) is 3.68. The van der Waals surface area contributed by atoms with Crippen LogP contribution in [-0.4, -0.2) is 30.5 Å². The minimum Gasteiger partial charge on any atom is -0.480 e. The van der Waals surface area contributed by atoms with Gasteiger partial charge in [0.25, 0.3) is 10.0 Å². The Morgan fingerprint density at radius 1 is 1.09 bits per heavy atom. The number of hydrogen-bond donors (Lipinski definition) is 1. The first kappa shape index (κ1) is 21.6. The lowest BCUT2D eigenvalue weighted by Gasteiger charge is -2.14. The van der Waals surface area contributed by atoms with E-state index in [1.807, 2.05) is 19.1 Å². The highest BCUT2D eigenvalue weighted by Crippen LogP contribution is 2.33. The molecular weight excluding hydrogens is 431 g/mol. The molecule has 4 aromatic rings. The third kappa shape index (κ3) is 4.11. The molecule has 0 unspecified atom stereocenters. The molecule has 2 aromatic carbocycles. The van der Waals surface area contributed by atoms with Crippen LogP contribution in [0.25, 0.3) is 22.0 Å². The molecule has 4 rings (SSSR count). The minimum atomic E-state index is -3.81. The zero-order valence-corrected chi connectivity index (χ0v) is 18.6. The summed E-state index contributed by atoms with van der Waals surface area (Å²) in [6, 6.07) is 13.7. The fourth-order valence-electron chi connectivity index (χ4n) is 3.55. The van der Waals surface area contributed by atoms with E-state index in [1.54, 1.807) is 37.3 Å². The predicted molar refractivity (Wildman–Crippen MR) is 121 cm³/mol. The number of pyridine rings is 1. The van der Waals surface area contributed by atoms with Crippen LogP contribution in [0.5, 0.6) is 5.88 Å². The molecule has 0 atom stereocenters. The normalized spacial score (nSPS) is 11.5. The lowest BCUT2D eigenvalue weighted by Crippen LogP contribution is -2.15. The quantitative estimate of drug-likeness (QED) is 0.433. The van der Waals surface area contributed by atoms with Crippen molar-refractivity contribution < 1.29 is 17.5 Å². The minimum absolute atomic E-state index is 0.135. The average molecular weight is 453 g/mol. The summed E-state index contributed by atoms with van der Waals surface area (Å²) in [7, 11) is -2.35. The molecule has 1 N–H and O–H groups in total. The molecule has 0 spiro atoms. The largest absolute Gasteiger partial charge is 0.480 e. The van der Waals surface area contributed by atoms with Gasteiger partial charge in [-0.2, -0.15) is 9.37 Å². The Morgan fingerprint density at radius 2 is 1.88 bits per heavy atom. The first-order valence-corrected chi connectivity index (χ1v) is 11.4. The molecule has 0 aliphatic carbocycles. The van der Waals surface area contributed by atoms with Crippen LogP contribution < -0.4 is 9.46 Å². The number of benzene rings is 2. The van der Waals surface area contributed by atoms with Gasteiger partial charge in [0.05, 0.1) is 17.5 Å². The van der Waals surface area contributed by atoms with Gasteiger partial charge in [-0.25, -0.2) is 18.4 Å². The lowest BCUT2D eigenvalue weighted by atomic mass is 9.99. The second kappa shape index (κ2) is 8.51. The number of aromatic nitrogens is 3. The molecule has 0 fully saturated rings. The third-order valence-corrected chi connectivity index (χ3v) is 6.62. The maximum Gasteiger partial charge on any atom is 0.309 e. The van der Waals surface area contributed by atoms with Crippen molar-refractivity contribution >= 4 is 26.7 Å². The van der Waals surface area contributed by atoms with Crippen LogP contribution in [0.15, 0.2) is 59.6 Å². The van der Waals surface area contributed by atoms with Gasteiger partial charge in [0.15, 0.2) is 0 Å². The van der Waals surface area contributed by atoms with E-state index in [4.69, 9.17) is 4.74 Å². The molecule has 0 saturated heterocycles. The van der Waals surface area contributed by atoms with Gasteiger partial charge < -0.3 is 4.74 Å². The summed E-state index contributed by atoms with van der Waals surface area (Å²) in [5.74, 6) is 0.384. The van der Waals surface area contributed by atoms with Gasteiger partial charge in [-0.05, 0) is 60.4 Å². The molecule has 0 aliphatic rings. The second-order valence-corrected chi connectivity index (χ2v) is 8.84. The Morgan fingerprint density at radius 3 is 2.59 bits per heavy atom. The second-order valence-electron chi connectivity index (χ2n) is 7.19. The Labute approximate surface area is 185 Å². The highest BCUT2D eigenvalue weighted by Gasteiger charge is 2.19. The standard InChI is InChI=1S/C23H21FN4O3S/c1-4-15-11-16(12-17-13-25-23(24)27-21(15)17)18-9-10-20(26-22(18)31-3)28-32(29,30)19-8-6-5-7-14(19)2/h5-13H,4H2,1-3H3,(H,26,28). The van der Waals surface area contributed by atoms with Gasteiger partial charge in [0, 0.05) is 17.1 Å². The molecule has 0 aliphatic heterocycles. The molecule has 32 heavy (non-hydrogen) atoms. The smallest absolute Gasteiger partial charge is 0.309 e. The van der Waals surface area contributed by atoms with E-state index in [0.29, 0.717) is 28.5 Å². The zero-order chi connectivity index (χ0) is 22.9. The van der Waals surface area contributed by atoms with Crippen LogP contribution in [-0.2, 0) is 16.4 Å². The fraction of sp³-hybridized carbons (Fsp3) is 0.174. The highest BCUT2D eigenvalue weighted by atomic mass is 32.2. The molecule has 2 heterocycles. The van der Waals surface area contributed by atoms with Gasteiger partial charge in [-0.15, -0.1) is 0 Å². The van der Waals surface area contributed by atoms with Crippen molar-refractivity contribution in [3.05, 3.63) is 71.9 Å². The Bertz CT molecular complexity index is 1420. The summed E-state index contributed by atoms with van der Waals surface area (Å²) in [5, 5.41) is 0.687. The summed E-state index contributed by atoms with van der Waals surface area (Å²) >= 11 is 0. The maximum absolute atomic E-state index is 13.5. The van der Waals surface area contributed by atoms with E-state index in [1.165, 1.54) is 19.4 Å². The first-order chi connectivity index (χ1) is 15.3. The molecule has 0 radical (unpaired) electrons. The molecule has 7 nitrogen and oxygen atoms in total. The Hall–Kier alpha value is -3.59. The highest BCUT2D eigenvalue weighted by molar-refractivity contribution is 7.92. The number of halogens is 1. The van der Waals surface area contributed by atoms with E-state index in [-0.39, 0.29) is 16.6 Å². The van der Waals surface area contributed by atoms with Gasteiger partial charge in [0.1, 0.15) is 5.82 Å². The van der Waals surface area contributed by atoms with E-state index in [2.05, 4.69) is 19.7 Å². The number of methoxy groups -OCH3 is 1. The van der Waals surface area contributed by atoms with E-state index >= 15 is 0 Å². The van der Waals surface area contributed by atoms with Crippen molar-refractivity contribution in [2.45, 2.75) is 25.2 Å². The molecule has 2 aromatic heterocycles. The topological polar surface area (TPSA) is 94.1 Å². The number of anilines is 1.